The Bertz CT molecular complexity index is 180. The maximum absolute atomic E-state index is 3.89. The van der Waals surface area contributed by atoms with Crippen molar-refractivity contribution in [3.05, 3.63) is 12.7 Å². The first-order valence-corrected chi connectivity index (χ1v) is 5.59. The van der Waals surface area contributed by atoms with E-state index in [4.69, 9.17) is 0 Å². The normalized spacial score (nSPS) is 15.3. The molecule has 0 spiro atoms. The second-order valence-electron chi connectivity index (χ2n) is 5.69. The van der Waals surface area contributed by atoms with E-state index in [-0.39, 0.29) is 5.41 Å². The molecule has 0 bridgehead atoms. The van der Waals surface area contributed by atoms with Crippen LogP contribution in [0.15, 0.2) is 12.7 Å². The molecule has 84 valence electrons. The summed E-state index contributed by atoms with van der Waals surface area (Å²) in [6.07, 6.45) is 4.46. The topological polar surface area (TPSA) is 12.0 Å². The predicted molar refractivity (Wildman–Crippen MR) is 65.5 cm³/mol. The molecule has 0 aromatic rings. The predicted octanol–water partition coefficient (Wildman–Crippen LogP) is 3.61. The Morgan fingerprint density at radius 3 is 2.07 bits per heavy atom. The van der Waals surface area contributed by atoms with E-state index < -0.39 is 0 Å². The summed E-state index contributed by atoms with van der Waals surface area (Å²) in [5, 5.41) is 3.32. The first kappa shape index (κ1) is 13.7. The van der Waals surface area contributed by atoms with Gasteiger partial charge in [-0.15, -0.1) is 6.58 Å². The van der Waals surface area contributed by atoms with Gasteiger partial charge in [-0.05, 0) is 24.3 Å². The van der Waals surface area contributed by atoms with E-state index in [1.807, 2.05) is 13.1 Å². The van der Waals surface area contributed by atoms with E-state index in [9.17, 15) is 0 Å². The Labute approximate surface area is 90.0 Å². The molecule has 0 saturated heterocycles. The number of hydrogen-bond donors (Lipinski definition) is 1. The third-order valence-corrected chi connectivity index (χ3v) is 3.28. The lowest BCUT2D eigenvalue weighted by molar-refractivity contribution is 0.161. The maximum atomic E-state index is 3.89. The molecular weight excluding hydrogens is 170 g/mol. The smallest absolute Gasteiger partial charge is 0.0296 e. The van der Waals surface area contributed by atoms with E-state index in [1.165, 1.54) is 12.8 Å². The van der Waals surface area contributed by atoms with Crippen molar-refractivity contribution in [1.29, 1.82) is 0 Å². The maximum Gasteiger partial charge on any atom is 0.0296 e. The fourth-order valence-electron chi connectivity index (χ4n) is 2.30. The van der Waals surface area contributed by atoms with Crippen molar-refractivity contribution in [3.63, 3.8) is 0 Å². The molecule has 0 fully saturated rings. The molecule has 1 heteroatoms. The Hall–Kier alpha value is -0.300. The van der Waals surface area contributed by atoms with Crippen LogP contribution in [0, 0.1) is 10.8 Å². The van der Waals surface area contributed by atoms with Crippen LogP contribution in [0.1, 0.15) is 47.5 Å². The van der Waals surface area contributed by atoms with Crippen LogP contribution in [0.4, 0.5) is 0 Å². The minimum Gasteiger partial charge on any atom is -0.313 e. The van der Waals surface area contributed by atoms with Gasteiger partial charge in [0.15, 0.2) is 0 Å². The van der Waals surface area contributed by atoms with Gasteiger partial charge < -0.3 is 5.32 Å². The summed E-state index contributed by atoms with van der Waals surface area (Å²) in [6, 6.07) is 0.397. The van der Waals surface area contributed by atoms with Crippen molar-refractivity contribution >= 4 is 0 Å². The summed E-state index contributed by atoms with van der Waals surface area (Å²) >= 11 is 0. The van der Waals surface area contributed by atoms with Crippen LogP contribution < -0.4 is 5.32 Å². The quantitative estimate of drug-likeness (QED) is 0.641. The molecule has 0 aliphatic carbocycles. The van der Waals surface area contributed by atoms with Crippen LogP contribution in [0.3, 0.4) is 0 Å². The molecule has 0 amide bonds. The van der Waals surface area contributed by atoms with Gasteiger partial charge in [-0.25, -0.2) is 0 Å². The van der Waals surface area contributed by atoms with Crippen molar-refractivity contribution in [2.75, 3.05) is 7.05 Å². The van der Waals surface area contributed by atoms with Crippen LogP contribution in [-0.2, 0) is 0 Å². The molecule has 1 N–H and O–H groups in total. The van der Waals surface area contributed by atoms with Crippen molar-refractivity contribution in [1.82, 2.24) is 5.32 Å². The molecule has 0 saturated carbocycles. The summed E-state index contributed by atoms with van der Waals surface area (Å²) in [7, 11) is 2.01. The van der Waals surface area contributed by atoms with Gasteiger partial charge in [0.1, 0.15) is 0 Å². The van der Waals surface area contributed by atoms with Gasteiger partial charge in [0.2, 0.25) is 0 Å². The zero-order chi connectivity index (χ0) is 11.4. The SMILES string of the molecule is C=CC(NC)C(C)(C)CC(C)(C)CC. The Balaban J connectivity index is 4.53. The zero-order valence-electron chi connectivity index (χ0n) is 10.8. The largest absolute Gasteiger partial charge is 0.313 e. The molecule has 1 unspecified atom stereocenters. The minimum absolute atomic E-state index is 0.274. The number of hydrogen-bond acceptors (Lipinski definition) is 1. The molecule has 0 aromatic carbocycles. The van der Waals surface area contributed by atoms with Crippen molar-refractivity contribution in [3.8, 4) is 0 Å². The highest BCUT2D eigenvalue weighted by Crippen LogP contribution is 2.38. The van der Waals surface area contributed by atoms with Crippen LogP contribution in [0.25, 0.3) is 0 Å². The van der Waals surface area contributed by atoms with E-state index in [0.717, 1.165) is 0 Å². The third kappa shape index (κ3) is 3.83. The molecule has 0 radical (unpaired) electrons. The van der Waals surface area contributed by atoms with E-state index in [1.54, 1.807) is 0 Å². The average molecular weight is 197 g/mol. The highest BCUT2D eigenvalue weighted by molar-refractivity contribution is 4.97. The van der Waals surface area contributed by atoms with Gasteiger partial charge in [-0.3, -0.25) is 0 Å². The summed E-state index contributed by atoms with van der Waals surface area (Å²) in [4.78, 5) is 0. The lowest BCUT2D eigenvalue weighted by atomic mass is 9.70. The fraction of sp³-hybridized carbons (Fsp3) is 0.846. The molecule has 0 aromatic heterocycles. The first-order valence-electron chi connectivity index (χ1n) is 5.59. The average Bonchev–Trinajstić information content (AvgIpc) is 2.04. The van der Waals surface area contributed by atoms with Gasteiger partial charge in [0, 0.05) is 6.04 Å². The van der Waals surface area contributed by atoms with Crippen LogP contribution in [0.5, 0.6) is 0 Å². The second kappa shape index (κ2) is 4.97. The first-order chi connectivity index (χ1) is 6.29. The summed E-state index contributed by atoms with van der Waals surface area (Å²) in [5.41, 5.74) is 0.692. The van der Waals surface area contributed by atoms with Crippen molar-refractivity contribution < 1.29 is 0 Å². The lowest BCUT2D eigenvalue weighted by Crippen LogP contribution is -2.40. The second-order valence-corrected chi connectivity index (χ2v) is 5.69. The van der Waals surface area contributed by atoms with Gasteiger partial charge >= 0.3 is 0 Å². The van der Waals surface area contributed by atoms with Crippen molar-refractivity contribution in [2.45, 2.75) is 53.5 Å². The van der Waals surface area contributed by atoms with E-state index in [2.05, 4.69) is 46.5 Å². The van der Waals surface area contributed by atoms with Crippen LogP contribution in [-0.4, -0.2) is 13.1 Å². The van der Waals surface area contributed by atoms with Gasteiger partial charge in [-0.1, -0.05) is 47.1 Å². The number of likely N-dealkylation sites (N-methyl/N-ethyl adjacent to an activating group) is 1. The van der Waals surface area contributed by atoms with Crippen LogP contribution in [0.2, 0.25) is 0 Å². The van der Waals surface area contributed by atoms with Gasteiger partial charge in [0.25, 0.3) is 0 Å². The lowest BCUT2D eigenvalue weighted by Gasteiger charge is -2.39. The highest BCUT2D eigenvalue weighted by Gasteiger charge is 2.32. The molecule has 0 rings (SSSR count). The summed E-state index contributed by atoms with van der Waals surface area (Å²) in [6.45, 7) is 15.5. The minimum atomic E-state index is 0.274. The molecule has 0 aliphatic rings. The summed E-state index contributed by atoms with van der Waals surface area (Å²) < 4.78 is 0. The van der Waals surface area contributed by atoms with Gasteiger partial charge in [0.05, 0.1) is 0 Å². The molecule has 0 heterocycles. The highest BCUT2D eigenvalue weighted by atomic mass is 14.9. The number of rotatable bonds is 6. The Morgan fingerprint density at radius 2 is 1.79 bits per heavy atom. The molecular formula is C13H27N. The van der Waals surface area contributed by atoms with E-state index >= 15 is 0 Å². The third-order valence-electron chi connectivity index (χ3n) is 3.28. The molecule has 1 atom stereocenters. The van der Waals surface area contributed by atoms with E-state index in [0.29, 0.717) is 11.5 Å². The fourth-order valence-corrected chi connectivity index (χ4v) is 2.30. The number of nitrogens with one attached hydrogen (secondary N) is 1. The van der Waals surface area contributed by atoms with Crippen molar-refractivity contribution in [2.24, 2.45) is 10.8 Å². The van der Waals surface area contributed by atoms with Crippen LogP contribution >= 0.6 is 0 Å². The molecule has 0 aliphatic heterocycles. The Morgan fingerprint density at radius 1 is 1.29 bits per heavy atom. The zero-order valence-corrected chi connectivity index (χ0v) is 10.8. The monoisotopic (exact) mass is 197 g/mol. The Kier molecular flexibility index (Phi) is 4.87. The summed E-state index contributed by atoms with van der Waals surface area (Å²) in [5.74, 6) is 0. The molecule has 1 nitrogen and oxygen atoms in total. The molecule has 14 heavy (non-hydrogen) atoms. The standard InChI is InChI=1S/C13H27N/c1-8-11(14-7)13(5,6)10-12(3,4)9-2/h8,11,14H,1,9-10H2,2-7H3. The van der Waals surface area contributed by atoms with Gasteiger partial charge in [-0.2, -0.15) is 0 Å².